The number of nitrogens with two attached hydrogens (primary N) is 1. The van der Waals surface area contributed by atoms with Crippen molar-refractivity contribution in [3.05, 3.63) is 34.9 Å². The van der Waals surface area contributed by atoms with Gasteiger partial charge >= 0.3 is 0 Å². The lowest BCUT2D eigenvalue weighted by atomic mass is 9.89. The SMILES string of the molecule is Cc1cc(/C(N)=N/O)ccc1CNCC(C)(C)CCO. The molecule has 0 aromatic heterocycles. The Morgan fingerprint density at radius 1 is 1.40 bits per heavy atom. The van der Waals surface area contributed by atoms with E-state index in [1.54, 1.807) is 0 Å². The van der Waals surface area contributed by atoms with Gasteiger partial charge < -0.3 is 21.4 Å². The van der Waals surface area contributed by atoms with Crippen LogP contribution in [0.4, 0.5) is 0 Å². The predicted molar refractivity (Wildman–Crippen MR) is 80.9 cm³/mol. The molecule has 0 bridgehead atoms. The summed E-state index contributed by atoms with van der Waals surface area (Å²) >= 11 is 0. The summed E-state index contributed by atoms with van der Waals surface area (Å²) in [7, 11) is 0. The third kappa shape index (κ3) is 4.83. The average Bonchev–Trinajstić information content (AvgIpc) is 2.39. The van der Waals surface area contributed by atoms with Gasteiger partial charge in [0.2, 0.25) is 0 Å². The number of nitrogens with zero attached hydrogens (tertiary/aromatic N) is 1. The Morgan fingerprint density at radius 3 is 2.65 bits per heavy atom. The van der Waals surface area contributed by atoms with Gasteiger partial charge in [0.1, 0.15) is 0 Å². The molecule has 0 aliphatic carbocycles. The van der Waals surface area contributed by atoms with Crippen molar-refractivity contribution >= 4 is 5.84 Å². The molecule has 0 atom stereocenters. The first-order chi connectivity index (χ1) is 9.39. The lowest BCUT2D eigenvalue weighted by Crippen LogP contribution is -2.30. The van der Waals surface area contributed by atoms with Gasteiger partial charge in [0.25, 0.3) is 0 Å². The highest BCUT2D eigenvalue weighted by atomic mass is 16.4. The topological polar surface area (TPSA) is 90.9 Å². The molecule has 5 nitrogen and oxygen atoms in total. The van der Waals surface area contributed by atoms with Crippen LogP contribution in [0.25, 0.3) is 0 Å². The number of hydrogen-bond donors (Lipinski definition) is 4. The second kappa shape index (κ2) is 7.26. The summed E-state index contributed by atoms with van der Waals surface area (Å²) < 4.78 is 0. The minimum atomic E-state index is 0.0799. The van der Waals surface area contributed by atoms with Gasteiger partial charge in [-0.1, -0.05) is 31.1 Å². The van der Waals surface area contributed by atoms with E-state index in [0.29, 0.717) is 0 Å². The van der Waals surface area contributed by atoms with Crippen molar-refractivity contribution in [3.8, 4) is 0 Å². The number of aliphatic hydroxyl groups is 1. The Hall–Kier alpha value is -1.59. The molecule has 1 aromatic rings. The van der Waals surface area contributed by atoms with Gasteiger partial charge in [-0.2, -0.15) is 0 Å². The predicted octanol–water partition coefficient (Wildman–Crippen LogP) is 1.59. The fourth-order valence-electron chi connectivity index (χ4n) is 2.04. The zero-order chi connectivity index (χ0) is 15.2. The summed E-state index contributed by atoms with van der Waals surface area (Å²) in [6.07, 6.45) is 0.779. The van der Waals surface area contributed by atoms with Crippen LogP contribution in [-0.2, 0) is 6.54 Å². The Labute approximate surface area is 120 Å². The zero-order valence-corrected chi connectivity index (χ0v) is 12.5. The number of benzene rings is 1. The second-order valence-corrected chi connectivity index (χ2v) is 5.87. The first-order valence-electron chi connectivity index (χ1n) is 6.78. The number of aryl methyl sites for hydroxylation is 1. The molecule has 0 amide bonds. The highest BCUT2D eigenvalue weighted by molar-refractivity contribution is 5.97. The number of nitrogens with one attached hydrogen (secondary N) is 1. The molecular weight excluding hydrogens is 254 g/mol. The molecular formula is C15H25N3O2. The van der Waals surface area contributed by atoms with Crippen LogP contribution in [0.15, 0.2) is 23.4 Å². The van der Waals surface area contributed by atoms with E-state index in [2.05, 4.69) is 24.3 Å². The van der Waals surface area contributed by atoms with Gasteiger partial charge in [-0.25, -0.2) is 0 Å². The number of hydrogen-bond acceptors (Lipinski definition) is 4. The molecule has 1 aromatic carbocycles. The van der Waals surface area contributed by atoms with E-state index in [1.165, 1.54) is 5.56 Å². The van der Waals surface area contributed by atoms with E-state index < -0.39 is 0 Å². The van der Waals surface area contributed by atoms with Crippen LogP contribution in [0.2, 0.25) is 0 Å². The largest absolute Gasteiger partial charge is 0.409 e. The van der Waals surface area contributed by atoms with Crippen molar-refractivity contribution in [1.82, 2.24) is 5.32 Å². The van der Waals surface area contributed by atoms with E-state index in [0.717, 1.165) is 30.6 Å². The van der Waals surface area contributed by atoms with Gasteiger partial charge in [0.05, 0.1) is 0 Å². The minimum Gasteiger partial charge on any atom is -0.409 e. The van der Waals surface area contributed by atoms with Crippen LogP contribution >= 0.6 is 0 Å². The maximum absolute atomic E-state index is 9.00. The Morgan fingerprint density at radius 2 is 2.10 bits per heavy atom. The third-order valence-corrected chi connectivity index (χ3v) is 3.45. The highest BCUT2D eigenvalue weighted by Crippen LogP contribution is 2.18. The van der Waals surface area contributed by atoms with Gasteiger partial charge in [-0.15, -0.1) is 0 Å². The lowest BCUT2D eigenvalue weighted by Gasteiger charge is -2.24. The van der Waals surface area contributed by atoms with Crippen molar-refractivity contribution < 1.29 is 10.3 Å². The Bertz CT molecular complexity index is 470. The summed E-state index contributed by atoms with van der Waals surface area (Å²) in [4.78, 5) is 0. The van der Waals surface area contributed by atoms with E-state index in [1.807, 2.05) is 25.1 Å². The minimum absolute atomic E-state index is 0.0799. The van der Waals surface area contributed by atoms with E-state index in [9.17, 15) is 0 Å². The number of aliphatic hydroxyl groups excluding tert-OH is 1. The van der Waals surface area contributed by atoms with Crippen LogP contribution < -0.4 is 11.1 Å². The summed E-state index contributed by atoms with van der Waals surface area (Å²) in [5, 5.41) is 24.1. The van der Waals surface area contributed by atoms with Crippen molar-refractivity contribution in [2.75, 3.05) is 13.2 Å². The Balaban J connectivity index is 2.62. The third-order valence-electron chi connectivity index (χ3n) is 3.45. The molecule has 0 fully saturated rings. The van der Waals surface area contributed by atoms with Crippen LogP contribution in [0.1, 0.15) is 37.0 Å². The molecule has 1 rings (SSSR count). The molecule has 0 unspecified atom stereocenters. The van der Waals surface area contributed by atoms with Crippen LogP contribution in [0.5, 0.6) is 0 Å². The maximum Gasteiger partial charge on any atom is 0.170 e. The van der Waals surface area contributed by atoms with Gasteiger partial charge in [0, 0.05) is 25.3 Å². The van der Waals surface area contributed by atoms with Gasteiger partial charge in [0.15, 0.2) is 5.84 Å². The van der Waals surface area contributed by atoms with Crippen molar-refractivity contribution in [1.29, 1.82) is 0 Å². The average molecular weight is 279 g/mol. The maximum atomic E-state index is 9.00. The molecule has 0 saturated heterocycles. The second-order valence-electron chi connectivity index (χ2n) is 5.87. The summed E-state index contributed by atoms with van der Waals surface area (Å²) in [6, 6.07) is 5.73. The molecule has 5 N–H and O–H groups in total. The Kier molecular flexibility index (Phi) is 5.98. The molecule has 20 heavy (non-hydrogen) atoms. The van der Waals surface area contributed by atoms with E-state index >= 15 is 0 Å². The molecule has 112 valence electrons. The summed E-state index contributed by atoms with van der Waals surface area (Å²) in [6.45, 7) is 8.08. The molecule has 0 aliphatic heterocycles. The molecule has 5 heteroatoms. The molecule has 0 saturated carbocycles. The first kappa shape index (κ1) is 16.5. The number of amidine groups is 1. The highest BCUT2D eigenvalue weighted by Gasteiger charge is 2.16. The first-order valence-corrected chi connectivity index (χ1v) is 6.78. The van der Waals surface area contributed by atoms with Gasteiger partial charge in [-0.3, -0.25) is 0 Å². The zero-order valence-electron chi connectivity index (χ0n) is 12.5. The van der Waals surface area contributed by atoms with Crippen LogP contribution in [0, 0.1) is 12.3 Å². The molecule has 0 heterocycles. The standard InChI is InChI=1S/C15H25N3O2/c1-11-8-12(14(16)18-20)4-5-13(11)9-17-10-15(2,3)6-7-19/h4-5,8,17,19-20H,6-7,9-10H2,1-3H3,(H2,16,18). The van der Waals surface area contributed by atoms with Crippen molar-refractivity contribution in [2.45, 2.75) is 33.7 Å². The number of rotatable bonds is 7. The van der Waals surface area contributed by atoms with Gasteiger partial charge in [-0.05, 0) is 36.0 Å². The lowest BCUT2D eigenvalue weighted by molar-refractivity contribution is 0.207. The van der Waals surface area contributed by atoms with E-state index in [-0.39, 0.29) is 17.9 Å². The fourth-order valence-corrected chi connectivity index (χ4v) is 2.04. The molecule has 0 spiro atoms. The molecule has 0 aliphatic rings. The number of oxime groups is 1. The van der Waals surface area contributed by atoms with Crippen molar-refractivity contribution in [2.24, 2.45) is 16.3 Å². The monoisotopic (exact) mass is 279 g/mol. The van der Waals surface area contributed by atoms with Crippen LogP contribution in [-0.4, -0.2) is 29.3 Å². The quantitative estimate of drug-likeness (QED) is 0.264. The fraction of sp³-hybridized carbons (Fsp3) is 0.533. The summed E-state index contributed by atoms with van der Waals surface area (Å²) in [5.41, 5.74) is 8.64. The van der Waals surface area contributed by atoms with Crippen molar-refractivity contribution in [3.63, 3.8) is 0 Å². The summed E-state index contributed by atoms with van der Waals surface area (Å²) in [5.74, 6) is 0.122. The molecule has 0 radical (unpaired) electrons. The van der Waals surface area contributed by atoms with Crippen LogP contribution in [0.3, 0.4) is 0 Å². The smallest absolute Gasteiger partial charge is 0.170 e. The van der Waals surface area contributed by atoms with E-state index in [4.69, 9.17) is 16.0 Å². The normalized spacial score (nSPS) is 12.7.